The van der Waals surface area contributed by atoms with E-state index in [0.717, 1.165) is 17.3 Å². The molecule has 1 heterocycles. The van der Waals surface area contributed by atoms with E-state index in [1.54, 1.807) is 50.4 Å². The summed E-state index contributed by atoms with van der Waals surface area (Å²) in [4.78, 5) is 28.1. The quantitative estimate of drug-likeness (QED) is 0.149. The molecule has 3 aromatic carbocycles. The molecule has 1 aliphatic rings. The molecule has 0 radical (unpaired) electrons. The summed E-state index contributed by atoms with van der Waals surface area (Å²) < 4.78 is 17.9. The number of esters is 1. The Balaban J connectivity index is 1.60. The molecule has 38 heavy (non-hydrogen) atoms. The van der Waals surface area contributed by atoms with Gasteiger partial charge in [-0.2, -0.15) is 0 Å². The highest BCUT2D eigenvalue weighted by Gasteiger charge is 2.42. The summed E-state index contributed by atoms with van der Waals surface area (Å²) in [6.07, 6.45) is 1.73. The zero-order valence-corrected chi connectivity index (χ0v) is 24.3. The first-order valence-electron chi connectivity index (χ1n) is 11.9. The first-order valence-corrected chi connectivity index (χ1v) is 13.9. The molecule has 196 valence electrons. The number of thioether (sulfide) groups is 1. The number of carbonyl (C=O) groups excluding carboxylic acids is 2. The maximum atomic E-state index is 13.5. The Labute approximate surface area is 240 Å². The van der Waals surface area contributed by atoms with E-state index in [2.05, 4.69) is 15.9 Å². The van der Waals surface area contributed by atoms with Gasteiger partial charge in [0, 0.05) is 0 Å². The van der Waals surface area contributed by atoms with Gasteiger partial charge >= 0.3 is 5.97 Å². The Morgan fingerprint density at radius 3 is 2.50 bits per heavy atom. The number of halogens is 1. The molecule has 0 aliphatic carbocycles. The fourth-order valence-corrected chi connectivity index (χ4v) is 5.79. The van der Waals surface area contributed by atoms with Crippen molar-refractivity contribution in [2.45, 2.75) is 26.5 Å². The summed E-state index contributed by atoms with van der Waals surface area (Å²) in [7, 11) is 1.56. The van der Waals surface area contributed by atoms with Crippen LogP contribution >= 0.6 is 39.9 Å². The monoisotopic (exact) mass is 611 g/mol. The lowest BCUT2D eigenvalue weighted by Crippen LogP contribution is -2.38. The number of ether oxygens (including phenoxy) is 3. The molecular weight excluding hydrogens is 586 g/mol. The van der Waals surface area contributed by atoms with E-state index in [-0.39, 0.29) is 16.8 Å². The number of nitrogens with zero attached hydrogens (tertiary/aromatic N) is 1. The largest absolute Gasteiger partial charge is 0.493 e. The molecule has 9 heteroatoms. The van der Waals surface area contributed by atoms with Crippen molar-refractivity contribution < 1.29 is 23.8 Å². The zero-order chi connectivity index (χ0) is 27.2. The summed E-state index contributed by atoms with van der Waals surface area (Å²) in [6.45, 7) is 4.33. The number of thiocarbonyl (C=S) groups is 1. The topological polar surface area (TPSA) is 65.1 Å². The van der Waals surface area contributed by atoms with Gasteiger partial charge in [-0.1, -0.05) is 84.1 Å². The number of methoxy groups -OCH3 is 1. The molecule has 1 fully saturated rings. The van der Waals surface area contributed by atoms with Gasteiger partial charge in [0.2, 0.25) is 0 Å². The smallest absolute Gasteiger partial charge is 0.333 e. The summed E-state index contributed by atoms with van der Waals surface area (Å²) in [6, 6.07) is 19.8. The van der Waals surface area contributed by atoms with Crippen LogP contribution in [0.4, 0.5) is 0 Å². The van der Waals surface area contributed by atoms with Gasteiger partial charge in [-0.05, 0) is 64.7 Å². The van der Waals surface area contributed by atoms with Crippen LogP contribution in [-0.4, -0.2) is 34.8 Å². The Hall–Kier alpha value is -3.14. The van der Waals surface area contributed by atoms with Crippen LogP contribution in [0.25, 0.3) is 6.08 Å². The highest BCUT2D eigenvalue weighted by atomic mass is 79.9. The van der Waals surface area contributed by atoms with Gasteiger partial charge in [0.05, 0.1) is 23.1 Å². The Morgan fingerprint density at radius 2 is 1.84 bits per heavy atom. The molecule has 0 spiro atoms. The average Bonchev–Trinajstić information content (AvgIpc) is 3.17. The Bertz CT molecular complexity index is 1380. The lowest BCUT2D eigenvalue weighted by Gasteiger charge is -2.25. The molecule has 0 aromatic heterocycles. The predicted octanol–water partition coefficient (Wildman–Crippen LogP) is 6.85. The minimum Gasteiger partial charge on any atom is -0.493 e. The first kappa shape index (κ1) is 27.9. The van der Waals surface area contributed by atoms with Crippen LogP contribution in [0.15, 0.2) is 76.1 Å². The van der Waals surface area contributed by atoms with Crippen molar-refractivity contribution in [1.82, 2.24) is 4.90 Å². The second-order valence-corrected chi connectivity index (χ2v) is 11.0. The van der Waals surface area contributed by atoms with Crippen molar-refractivity contribution in [3.8, 4) is 11.5 Å². The van der Waals surface area contributed by atoms with Crippen LogP contribution in [0.3, 0.4) is 0 Å². The highest BCUT2D eigenvalue weighted by Crippen LogP contribution is 2.41. The molecule has 1 saturated heterocycles. The van der Waals surface area contributed by atoms with Crippen LogP contribution in [-0.2, 0) is 20.9 Å². The molecule has 1 atom stereocenters. The number of hydrogen-bond donors (Lipinski definition) is 0. The minimum atomic E-state index is -0.964. The second-order valence-electron chi connectivity index (χ2n) is 8.43. The molecule has 1 unspecified atom stereocenters. The molecule has 0 N–H and O–H groups in total. The maximum Gasteiger partial charge on any atom is 0.333 e. The van der Waals surface area contributed by atoms with Crippen molar-refractivity contribution in [3.63, 3.8) is 0 Å². The molecule has 6 nitrogen and oxygen atoms in total. The minimum absolute atomic E-state index is 0.193. The Kier molecular flexibility index (Phi) is 9.25. The molecule has 1 amide bonds. The van der Waals surface area contributed by atoms with Crippen LogP contribution in [0.5, 0.6) is 11.5 Å². The van der Waals surface area contributed by atoms with Gasteiger partial charge in [-0.3, -0.25) is 9.69 Å². The normalized spacial score (nSPS) is 15.1. The van der Waals surface area contributed by atoms with Crippen molar-refractivity contribution in [2.24, 2.45) is 0 Å². The third-order valence-corrected chi connectivity index (χ3v) is 7.68. The molecular formula is C29H26BrNO5S2. The number of benzene rings is 3. The number of amides is 1. The third kappa shape index (κ3) is 6.28. The van der Waals surface area contributed by atoms with Crippen molar-refractivity contribution >= 4 is 62.2 Å². The number of aryl methyl sites for hydroxylation is 1. The lowest BCUT2D eigenvalue weighted by atomic mass is 10.1. The van der Waals surface area contributed by atoms with Gasteiger partial charge in [-0.25, -0.2) is 4.79 Å². The number of hydrogen-bond acceptors (Lipinski definition) is 7. The zero-order valence-electron chi connectivity index (χ0n) is 21.1. The predicted molar refractivity (Wildman–Crippen MR) is 157 cm³/mol. The first-order chi connectivity index (χ1) is 18.3. The van der Waals surface area contributed by atoms with Gasteiger partial charge < -0.3 is 14.2 Å². The molecule has 3 aromatic rings. The molecule has 4 rings (SSSR count). The molecule has 1 aliphatic heterocycles. The molecule has 0 saturated carbocycles. The summed E-state index contributed by atoms with van der Waals surface area (Å²) in [5, 5.41) is 0. The summed E-state index contributed by atoms with van der Waals surface area (Å²) in [5.74, 6) is 0.179. The number of rotatable bonds is 9. The number of carbonyl (C=O) groups is 2. The van der Waals surface area contributed by atoms with E-state index < -0.39 is 12.0 Å². The van der Waals surface area contributed by atoms with Crippen molar-refractivity contribution in [1.29, 1.82) is 0 Å². The van der Waals surface area contributed by atoms with E-state index >= 15 is 0 Å². The van der Waals surface area contributed by atoms with Crippen LogP contribution in [0, 0.1) is 6.92 Å². The van der Waals surface area contributed by atoms with E-state index in [0.29, 0.717) is 38.6 Å². The van der Waals surface area contributed by atoms with Gasteiger partial charge in [0.1, 0.15) is 10.9 Å². The second kappa shape index (κ2) is 12.6. The van der Waals surface area contributed by atoms with Crippen molar-refractivity contribution in [3.05, 3.63) is 98.4 Å². The van der Waals surface area contributed by atoms with Gasteiger partial charge in [-0.15, -0.1) is 0 Å². The summed E-state index contributed by atoms with van der Waals surface area (Å²) in [5.41, 5.74) is 3.55. The Morgan fingerprint density at radius 1 is 1.13 bits per heavy atom. The highest BCUT2D eigenvalue weighted by molar-refractivity contribution is 9.10. The SMILES string of the molecule is CCOC(=O)C(c1ccccc1)N1C(=O)/C(=C/c2cc(Br)c(OCc3ccc(C)cc3)c(OC)c2)SC1=S. The van der Waals surface area contributed by atoms with E-state index in [9.17, 15) is 9.59 Å². The third-order valence-electron chi connectivity index (χ3n) is 5.76. The maximum absolute atomic E-state index is 13.5. The van der Waals surface area contributed by atoms with E-state index in [1.807, 2.05) is 43.3 Å². The fraction of sp³-hybridized carbons (Fsp3) is 0.207. The van der Waals surface area contributed by atoms with Crippen LogP contribution in [0.2, 0.25) is 0 Å². The molecule has 0 bridgehead atoms. The standard InChI is InChI=1S/C29H26BrNO5S2/c1-4-35-28(33)25(21-8-6-5-7-9-21)31-27(32)24(38-29(31)37)16-20-14-22(30)26(23(15-20)34-3)36-17-19-12-10-18(2)11-13-19/h5-16,25H,4,17H2,1-3H3/b24-16-. The van der Waals surface area contributed by atoms with Crippen LogP contribution < -0.4 is 9.47 Å². The average molecular weight is 613 g/mol. The lowest BCUT2D eigenvalue weighted by molar-refractivity contribution is -0.151. The summed E-state index contributed by atoms with van der Waals surface area (Å²) >= 11 is 10.3. The van der Waals surface area contributed by atoms with E-state index in [4.69, 9.17) is 26.4 Å². The van der Waals surface area contributed by atoms with Crippen molar-refractivity contribution in [2.75, 3.05) is 13.7 Å². The van der Waals surface area contributed by atoms with Gasteiger partial charge in [0.25, 0.3) is 5.91 Å². The van der Waals surface area contributed by atoms with E-state index in [1.165, 1.54) is 10.5 Å². The fourth-order valence-electron chi connectivity index (χ4n) is 3.90. The van der Waals surface area contributed by atoms with Crippen LogP contribution in [0.1, 0.15) is 35.2 Å². The van der Waals surface area contributed by atoms with Gasteiger partial charge in [0.15, 0.2) is 17.5 Å².